The van der Waals surface area contributed by atoms with Gasteiger partial charge in [-0.05, 0) is 24.1 Å². The van der Waals surface area contributed by atoms with Crippen LogP contribution in [0, 0.1) is 0 Å². The van der Waals surface area contributed by atoms with E-state index in [1.165, 1.54) is 0 Å². The van der Waals surface area contributed by atoms with Crippen LogP contribution in [0.5, 0.6) is 5.75 Å². The first-order chi connectivity index (χ1) is 12.0. The molecule has 0 amide bonds. The summed E-state index contributed by atoms with van der Waals surface area (Å²) in [7, 11) is -3.58. The lowest BCUT2D eigenvalue weighted by Gasteiger charge is -2.27. The first-order valence-electron chi connectivity index (χ1n) is 7.98. The number of benzene rings is 2. The van der Waals surface area contributed by atoms with Gasteiger partial charge in [0.15, 0.2) is 0 Å². The number of nitrogens with one attached hydrogen (secondary N) is 1. The van der Waals surface area contributed by atoms with E-state index < -0.39 is 16.0 Å². The fourth-order valence-corrected chi connectivity index (χ4v) is 4.07. The molecule has 0 spiro atoms. The van der Waals surface area contributed by atoms with Crippen LogP contribution in [0.25, 0.3) is 0 Å². The van der Waals surface area contributed by atoms with Gasteiger partial charge in [-0.2, -0.15) is 0 Å². The molecule has 2 aromatic rings. The van der Waals surface area contributed by atoms with E-state index in [2.05, 4.69) is 4.72 Å². The molecule has 1 atom stereocenters. The Hall–Kier alpha value is -2.38. The Kier molecular flexibility index (Phi) is 5.06. The molecular weight excluding hydrogens is 342 g/mol. The van der Waals surface area contributed by atoms with E-state index in [0.717, 1.165) is 5.56 Å². The van der Waals surface area contributed by atoms with Crippen molar-refractivity contribution in [2.24, 2.45) is 0 Å². The van der Waals surface area contributed by atoms with Crippen LogP contribution in [-0.4, -0.2) is 32.6 Å². The van der Waals surface area contributed by atoms with Crippen LogP contribution in [0.2, 0.25) is 0 Å². The molecule has 1 heterocycles. The van der Waals surface area contributed by atoms with E-state index >= 15 is 0 Å². The summed E-state index contributed by atoms with van der Waals surface area (Å²) >= 11 is 0. The van der Waals surface area contributed by atoms with Crippen molar-refractivity contribution in [3.8, 4) is 5.75 Å². The number of sulfonamides is 1. The molecule has 0 aromatic heterocycles. The number of carboxylic acid groups (broad SMARTS) is 1. The lowest BCUT2D eigenvalue weighted by atomic mass is 9.91. The predicted octanol–water partition coefficient (Wildman–Crippen LogP) is 2.16. The molecule has 7 heteroatoms. The summed E-state index contributed by atoms with van der Waals surface area (Å²) in [6.07, 6.45) is 0.548. The second-order valence-corrected chi connectivity index (χ2v) is 7.67. The van der Waals surface area contributed by atoms with Crippen molar-refractivity contribution in [1.29, 1.82) is 0 Å². The van der Waals surface area contributed by atoms with E-state index in [0.29, 0.717) is 24.3 Å². The van der Waals surface area contributed by atoms with Gasteiger partial charge in [0.2, 0.25) is 10.0 Å². The van der Waals surface area contributed by atoms with Gasteiger partial charge in [0.05, 0.1) is 17.9 Å². The molecule has 0 fully saturated rings. The van der Waals surface area contributed by atoms with Crippen LogP contribution >= 0.6 is 0 Å². The topological polar surface area (TPSA) is 92.7 Å². The molecule has 0 aliphatic carbocycles. The van der Waals surface area contributed by atoms with Gasteiger partial charge in [0.25, 0.3) is 0 Å². The minimum Gasteiger partial charge on any atom is -0.493 e. The largest absolute Gasteiger partial charge is 0.493 e. The molecule has 2 aromatic carbocycles. The standard InChI is InChI=1S/C18H19NO5S/c20-17(21)11-13-5-4-8-16-14(9-10-24-18(13)16)12-19-25(22,23)15-6-2-1-3-7-15/h1-8,14,19H,9-12H2,(H,20,21). The summed E-state index contributed by atoms with van der Waals surface area (Å²) in [6.45, 7) is 0.672. The van der Waals surface area contributed by atoms with E-state index in [1.807, 2.05) is 6.07 Å². The van der Waals surface area contributed by atoms with E-state index in [9.17, 15) is 13.2 Å². The number of ether oxygens (including phenoxy) is 1. The van der Waals surface area contributed by atoms with Gasteiger partial charge >= 0.3 is 5.97 Å². The molecule has 132 valence electrons. The zero-order valence-electron chi connectivity index (χ0n) is 13.5. The third-order valence-electron chi connectivity index (χ3n) is 4.19. The number of fused-ring (bicyclic) bond motifs is 1. The second kappa shape index (κ2) is 7.25. The van der Waals surface area contributed by atoms with Crippen LogP contribution in [0.4, 0.5) is 0 Å². The van der Waals surface area contributed by atoms with Crippen LogP contribution in [-0.2, 0) is 21.2 Å². The molecular formula is C18H19NO5S. The number of aliphatic carboxylic acids is 1. The van der Waals surface area contributed by atoms with Crippen LogP contribution in [0.15, 0.2) is 53.4 Å². The molecule has 1 aliphatic rings. The van der Waals surface area contributed by atoms with Gasteiger partial charge in [0, 0.05) is 18.0 Å². The minimum atomic E-state index is -3.58. The molecule has 6 nitrogen and oxygen atoms in total. The monoisotopic (exact) mass is 361 g/mol. The van der Waals surface area contributed by atoms with E-state index in [1.54, 1.807) is 42.5 Å². The van der Waals surface area contributed by atoms with Gasteiger partial charge in [-0.25, -0.2) is 13.1 Å². The maximum Gasteiger partial charge on any atom is 0.307 e. The number of hydrogen-bond donors (Lipinski definition) is 2. The van der Waals surface area contributed by atoms with Crippen molar-refractivity contribution >= 4 is 16.0 Å². The fourth-order valence-electron chi connectivity index (χ4n) is 2.97. The van der Waals surface area contributed by atoms with Gasteiger partial charge in [-0.1, -0.05) is 36.4 Å². The number of para-hydroxylation sites is 1. The van der Waals surface area contributed by atoms with Crippen molar-refractivity contribution in [2.75, 3.05) is 13.2 Å². The molecule has 3 rings (SSSR count). The highest BCUT2D eigenvalue weighted by molar-refractivity contribution is 7.89. The fraction of sp³-hybridized carbons (Fsp3) is 0.278. The predicted molar refractivity (Wildman–Crippen MR) is 92.3 cm³/mol. The molecule has 25 heavy (non-hydrogen) atoms. The summed E-state index contributed by atoms with van der Waals surface area (Å²) in [5, 5.41) is 9.02. The Morgan fingerprint density at radius 3 is 2.64 bits per heavy atom. The minimum absolute atomic E-state index is 0.0593. The van der Waals surface area contributed by atoms with Crippen LogP contribution in [0.3, 0.4) is 0 Å². The summed E-state index contributed by atoms with van der Waals surface area (Å²) in [4.78, 5) is 11.2. The maximum atomic E-state index is 12.4. The highest BCUT2D eigenvalue weighted by Crippen LogP contribution is 2.36. The third-order valence-corrected chi connectivity index (χ3v) is 5.63. The first-order valence-corrected chi connectivity index (χ1v) is 9.47. The number of carbonyl (C=O) groups is 1. The lowest BCUT2D eigenvalue weighted by Crippen LogP contribution is -2.31. The van der Waals surface area contributed by atoms with Gasteiger partial charge < -0.3 is 9.84 Å². The lowest BCUT2D eigenvalue weighted by molar-refractivity contribution is -0.136. The van der Waals surface area contributed by atoms with Crippen LogP contribution in [0.1, 0.15) is 23.5 Å². The normalized spacial score (nSPS) is 16.7. The summed E-state index contributed by atoms with van der Waals surface area (Å²) < 4.78 is 33.1. The van der Waals surface area contributed by atoms with Crippen molar-refractivity contribution in [2.45, 2.75) is 23.7 Å². The van der Waals surface area contributed by atoms with Crippen molar-refractivity contribution < 1.29 is 23.1 Å². The van der Waals surface area contributed by atoms with Gasteiger partial charge in [-0.3, -0.25) is 4.79 Å². The highest BCUT2D eigenvalue weighted by Gasteiger charge is 2.26. The zero-order valence-corrected chi connectivity index (χ0v) is 14.3. The average Bonchev–Trinajstić information content (AvgIpc) is 2.61. The van der Waals surface area contributed by atoms with E-state index in [-0.39, 0.29) is 23.8 Å². The molecule has 0 saturated carbocycles. The van der Waals surface area contributed by atoms with Crippen molar-refractivity contribution in [3.63, 3.8) is 0 Å². The molecule has 1 aliphatic heterocycles. The zero-order chi connectivity index (χ0) is 17.9. The maximum absolute atomic E-state index is 12.4. The number of carboxylic acids is 1. The molecule has 0 radical (unpaired) electrons. The van der Waals surface area contributed by atoms with Gasteiger partial charge in [0.1, 0.15) is 5.75 Å². The number of rotatable bonds is 6. The number of hydrogen-bond acceptors (Lipinski definition) is 4. The average molecular weight is 361 g/mol. The smallest absolute Gasteiger partial charge is 0.307 e. The first kappa shape index (κ1) is 17.4. The summed E-state index contributed by atoms with van der Waals surface area (Å²) in [5.74, 6) is -0.417. The molecule has 0 bridgehead atoms. The Bertz CT molecular complexity index is 864. The highest BCUT2D eigenvalue weighted by atomic mass is 32.2. The van der Waals surface area contributed by atoms with E-state index in [4.69, 9.17) is 9.84 Å². The Labute approximate surface area is 146 Å². The summed E-state index contributed by atoms with van der Waals surface area (Å²) in [5.41, 5.74) is 1.46. The Balaban J connectivity index is 1.79. The quantitative estimate of drug-likeness (QED) is 0.822. The van der Waals surface area contributed by atoms with Crippen molar-refractivity contribution in [1.82, 2.24) is 4.72 Å². The third kappa shape index (κ3) is 4.00. The Morgan fingerprint density at radius 2 is 1.92 bits per heavy atom. The second-order valence-electron chi connectivity index (χ2n) is 5.91. The summed E-state index contributed by atoms with van der Waals surface area (Å²) in [6, 6.07) is 13.6. The SMILES string of the molecule is O=C(O)Cc1cccc2c1OCCC2CNS(=O)(=O)c1ccccc1. The Morgan fingerprint density at radius 1 is 1.16 bits per heavy atom. The molecule has 2 N–H and O–H groups in total. The molecule has 1 unspecified atom stereocenters. The van der Waals surface area contributed by atoms with Crippen molar-refractivity contribution in [3.05, 3.63) is 59.7 Å². The molecule has 0 saturated heterocycles. The van der Waals surface area contributed by atoms with Crippen LogP contribution < -0.4 is 9.46 Å². The van der Waals surface area contributed by atoms with Gasteiger partial charge in [-0.15, -0.1) is 0 Å².